The monoisotopic (exact) mass is 282 g/mol. The Morgan fingerprint density at radius 2 is 1.78 bits per heavy atom. The fourth-order valence-corrected chi connectivity index (χ4v) is 2.00. The van der Waals surface area contributed by atoms with Gasteiger partial charge >= 0.3 is 0 Å². The molecule has 0 aliphatic carbocycles. The second-order valence-corrected chi connectivity index (χ2v) is 4.66. The normalized spacial score (nSPS) is 12.2. The van der Waals surface area contributed by atoms with Gasteiger partial charge in [-0.05, 0) is 23.8 Å². The minimum absolute atomic E-state index is 0.144. The molecule has 1 atom stereocenters. The Kier molecular flexibility index (Phi) is 4.48. The van der Waals surface area contributed by atoms with Crippen LogP contribution >= 0.6 is 23.2 Å². The van der Waals surface area contributed by atoms with Crippen LogP contribution in [0.2, 0.25) is 10.0 Å². The maximum Gasteiger partial charge on any atom is 0.138 e. The first-order valence-electron chi connectivity index (χ1n) is 5.47. The van der Waals surface area contributed by atoms with E-state index < -0.39 is 6.10 Å². The highest BCUT2D eigenvalue weighted by Gasteiger charge is 2.09. The van der Waals surface area contributed by atoms with E-state index in [1.807, 2.05) is 30.3 Å². The summed E-state index contributed by atoms with van der Waals surface area (Å²) < 4.78 is 5.47. The Morgan fingerprint density at radius 3 is 2.44 bits per heavy atom. The van der Waals surface area contributed by atoms with Gasteiger partial charge in [0.25, 0.3) is 0 Å². The predicted molar refractivity (Wildman–Crippen MR) is 73.4 cm³/mol. The molecule has 2 nitrogen and oxygen atoms in total. The molecule has 1 N–H and O–H groups in total. The summed E-state index contributed by atoms with van der Waals surface area (Å²) in [5.74, 6) is 0.510. The second kappa shape index (κ2) is 6.10. The van der Waals surface area contributed by atoms with Crippen LogP contribution in [0.1, 0.15) is 11.7 Å². The van der Waals surface area contributed by atoms with Crippen molar-refractivity contribution in [2.24, 2.45) is 0 Å². The number of rotatable bonds is 4. The Balaban J connectivity index is 1.99. The van der Waals surface area contributed by atoms with Crippen LogP contribution in [-0.4, -0.2) is 11.7 Å². The Hall–Kier alpha value is -1.22. The summed E-state index contributed by atoms with van der Waals surface area (Å²) in [4.78, 5) is 0. The largest absolute Gasteiger partial charge is 0.489 e. The maximum atomic E-state index is 9.93. The van der Waals surface area contributed by atoms with Crippen molar-refractivity contribution >= 4 is 23.2 Å². The van der Waals surface area contributed by atoms with Crippen molar-refractivity contribution < 1.29 is 9.84 Å². The van der Waals surface area contributed by atoms with Crippen LogP contribution in [0, 0.1) is 0 Å². The number of halogens is 2. The lowest BCUT2D eigenvalue weighted by atomic mass is 10.1. The summed E-state index contributed by atoms with van der Waals surface area (Å²) in [5, 5.41) is 10.9. The van der Waals surface area contributed by atoms with Crippen molar-refractivity contribution in [1.82, 2.24) is 0 Å². The lowest BCUT2D eigenvalue weighted by Gasteiger charge is -2.13. The quantitative estimate of drug-likeness (QED) is 0.915. The summed E-state index contributed by atoms with van der Waals surface area (Å²) >= 11 is 11.8. The Bertz CT molecular complexity index is 514. The zero-order valence-corrected chi connectivity index (χ0v) is 11.0. The third-order valence-corrected chi connectivity index (χ3v) is 3.01. The Labute approximate surface area is 116 Å². The number of benzene rings is 2. The van der Waals surface area contributed by atoms with E-state index in [0.29, 0.717) is 15.8 Å². The van der Waals surface area contributed by atoms with E-state index in [-0.39, 0.29) is 6.61 Å². The Morgan fingerprint density at radius 1 is 1.06 bits per heavy atom. The number of ether oxygens (including phenoxy) is 1. The van der Waals surface area contributed by atoms with Gasteiger partial charge in [0.2, 0.25) is 0 Å². The van der Waals surface area contributed by atoms with E-state index >= 15 is 0 Å². The molecule has 2 rings (SSSR count). The summed E-state index contributed by atoms with van der Waals surface area (Å²) in [6.45, 7) is 0.144. The predicted octanol–water partition coefficient (Wildman–Crippen LogP) is 4.11. The molecule has 0 saturated heterocycles. The lowest BCUT2D eigenvalue weighted by Crippen LogP contribution is -2.09. The molecule has 0 heterocycles. The average Bonchev–Trinajstić information content (AvgIpc) is 2.38. The van der Waals surface area contributed by atoms with E-state index in [4.69, 9.17) is 27.9 Å². The molecular weight excluding hydrogens is 271 g/mol. The minimum Gasteiger partial charge on any atom is -0.489 e. The van der Waals surface area contributed by atoms with Gasteiger partial charge in [0, 0.05) is 5.02 Å². The highest BCUT2D eigenvalue weighted by molar-refractivity contribution is 6.35. The van der Waals surface area contributed by atoms with Gasteiger partial charge < -0.3 is 9.84 Å². The molecule has 1 unspecified atom stereocenters. The summed E-state index contributed by atoms with van der Waals surface area (Å²) in [5.41, 5.74) is 0.808. The molecule has 2 aromatic rings. The van der Waals surface area contributed by atoms with E-state index in [1.54, 1.807) is 18.2 Å². The van der Waals surface area contributed by atoms with Gasteiger partial charge in [-0.15, -0.1) is 0 Å². The first-order chi connectivity index (χ1) is 8.66. The van der Waals surface area contributed by atoms with Crippen molar-refractivity contribution in [3.05, 3.63) is 64.1 Å². The van der Waals surface area contributed by atoms with E-state index in [9.17, 15) is 5.11 Å². The average molecular weight is 283 g/mol. The molecule has 94 valence electrons. The number of hydrogen-bond donors (Lipinski definition) is 1. The minimum atomic E-state index is -0.682. The molecular formula is C14H12Cl2O2. The molecule has 0 aromatic heterocycles. The first kappa shape index (κ1) is 13.2. The molecule has 0 spiro atoms. The van der Waals surface area contributed by atoms with Crippen LogP contribution in [0.15, 0.2) is 48.5 Å². The smallest absolute Gasteiger partial charge is 0.138 e. The van der Waals surface area contributed by atoms with Gasteiger partial charge in [0.05, 0.1) is 5.02 Å². The van der Waals surface area contributed by atoms with E-state index in [1.165, 1.54) is 0 Å². The number of aliphatic hydroxyl groups excluding tert-OH is 1. The molecule has 0 radical (unpaired) electrons. The lowest BCUT2D eigenvalue weighted by molar-refractivity contribution is 0.108. The standard InChI is InChI=1S/C14H12Cl2O2/c15-11-6-7-14(12(16)8-11)18-9-13(17)10-4-2-1-3-5-10/h1-8,13,17H,9H2. The van der Waals surface area contributed by atoms with Crippen LogP contribution < -0.4 is 4.74 Å². The zero-order chi connectivity index (χ0) is 13.0. The number of hydrogen-bond acceptors (Lipinski definition) is 2. The van der Waals surface area contributed by atoms with Gasteiger partial charge in [-0.1, -0.05) is 53.5 Å². The summed E-state index contributed by atoms with van der Waals surface area (Å²) in [6, 6.07) is 14.3. The van der Waals surface area contributed by atoms with Crippen LogP contribution in [0.3, 0.4) is 0 Å². The highest BCUT2D eigenvalue weighted by Crippen LogP contribution is 2.28. The molecule has 0 aliphatic rings. The van der Waals surface area contributed by atoms with Gasteiger partial charge in [-0.2, -0.15) is 0 Å². The maximum absolute atomic E-state index is 9.93. The van der Waals surface area contributed by atoms with Crippen molar-refractivity contribution in [2.75, 3.05) is 6.61 Å². The van der Waals surface area contributed by atoms with E-state index in [0.717, 1.165) is 5.56 Å². The zero-order valence-electron chi connectivity index (χ0n) is 9.51. The van der Waals surface area contributed by atoms with Gasteiger partial charge in [0.1, 0.15) is 18.5 Å². The van der Waals surface area contributed by atoms with Gasteiger partial charge in [-0.3, -0.25) is 0 Å². The third-order valence-electron chi connectivity index (χ3n) is 2.47. The van der Waals surface area contributed by atoms with Crippen molar-refractivity contribution in [1.29, 1.82) is 0 Å². The molecule has 18 heavy (non-hydrogen) atoms. The fourth-order valence-electron chi connectivity index (χ4n) is 1.53. The fraction of sp³-hybridized carbons (Fsp3) is 0.143. The van der Waals surface area contributed by atoms with Crippen LogP contribution in [0.5, 0.6) is 5.75 Å². The molecule has 2 aromatic carbocycles. The molecule has 4 heteroatoms. The molecule has 0 fully saturated rings. The van der Waals surface area contributed by atoms with Gasteiger partial charge in [-0.25, -0.2) is 0 Å². The van der Waals surface area contributed by atoms with Crippen molar-refractivity contribution in [3.63, 3.8) is 0 Å². The first-order valence-corrected chi connectivity index (χ1v) is 6.23. The summed E-state index contributed by atoms with van der Waals surface area (Å²) in [6.07, 6.45) is -0.682. The molecule has 0 bridgehead atoms. The van der Waals surface area contributed by atoms with Crippen LogP contribution in [-0.2, 0) is 0 Å². The second-order valence-electron chi connectivity index (χ2n) is 3.81. The summed E-state index contributed by atoms with van der Waals surface area (Å²) in [7, 11) is 0. The van der Waals surface area contributed by atoms with Crippen LogP contribution in [0.4, 0.5) is 0 Å². The van der Waals surface area contributed by atoms with Crippen molar-refractivity contribution in [3.8, 4) is 5.75 Å². The SMILES string of the molecule is OC(COc1ccc(Cl)cc1Cl)c1ccccc1. The molecule has 0 amide bonds. The van der Waals surface area contributed by atoms with Crippen LogP contribution in [0.25, 0.3) is 0 Å². The highest BCUT2D eigenvalue weighted by atomic mass is 35.5. The molecule has 0 aliphatic heterocycles. The van der Waals surface area contributed by atoms with E-state index in [2.05, 4.69) is 0 Å². The third kappa shape index (κ3) is 3.39. The van der Waals surface area contributed by atoms with Crippen molar-refractivity contribution in [2.45, 2.75) is 6.10 Å². The molecule has 0 saturated carbocycles. The van der Waals surface area contributed by atoms with Gasteiger partial charge in [0.15, 0.2) is 0 Å². The number of aliphatic hydroxyl groups is 1. The topological polar surface area (TPSA) is 29.5 Å².